The summed E-state index contributed by atoms with van der Waals surface area (Å²) in [4.78, 5) is 4.49. The van der Waals surface area contributed by atoms with Crippen LogP contribution in [0, 0.1) is 0 Å². The Balaban J connectivity index is 2.09. The maximum Gasteiger partial charge on any atom is 0.121 e. The highest BCUT2D eigenvalue weighted by atomic mass is 16.5. The SMILES string of the molecule is CCNCCC[C@@H](C)Nc1cc(OC)cc2cccnc12. The van der Waals surface area contributed by atoms with E-state index in [4.69, 9.17) is 4.74 Å². The molecule has 114 valence electrons. The second-order valence-corrected chi connectivity index (χ2v) is 5.29. The van der Waals surface area contributed by atoms with Gasteiger partial charge in [0.25, 0.3) is 0 Å². The van der Waals surface area contributed by atoms with Crippen molar-refractivity contribution in [2.24, 2.45) is 0 Å². The Morgan fingerprint density at radius 2 is 2.19 bits per heavy atom. The fourth-order valence-electron chi connectivity index (χ4n) is 2.44. The summed E-state index contributed by atoms with van der Waals surface area (Å²) >= 11 is 0. The average molecular weight is 287 g/mol. The van der Waals surface area contributed by atoms with Crippen LogP contribution in [-0.2, 0) is 0 Å². The monoisotopic (exact) mass is 287 g/mol. The van der Waals surface area contributed by atoms with Crippen LogP contribution >= 0.6 is 0 Å². The zero-order valence-electron chi connectivity index (χ0n) is 13.1. The zero-order chi connectivity index (χ0) is 15.1. The molecular weight excluding hydrogens is 262 g/mol. The minimum atomic E-state index is 0.404. The van der Waals surface area contributed by atoms with E-state index < -0.39 is 0 Å². The van der Waals surface area contributed by atoms with E-state index in [0.717, 1.165) is 48.3 Å². The summed E-state index contributed by atoms with van der Waals surface area (Å²) in [7, 11) is 1.70. The molecule has 0 saturated carbocycles. The number of fused-ring (bicyclic) bond motifs is 1. The lowest BCUT2D eigenvalue weighted by atomic mass is 10.1. The van der Waals surface area contributed by atoms with Crippen molar-refractivity contribution in [3.05, 3.63) is 30.5 Å². The van der Waals surface area contributed by atoms with Gasteiger partial charge in [-0.3, -0.25) is 4.98 Å². The van der Waals surface area contributed by atoms with E-state index in [-0.39, 0.29) is 0 Å². The quantitative estimate of drug-likeness (QED) is 0.730. The van der Waals surface area contributed by atoms with Gasteiger partial charge in [-0.25, -0.2) is 0 Å². The third-order valence-corrected chi connectivity index (χ3v) is 3.56. The summed E-state index contributed by atoms with van der Waals surface area (Å²) in [6.07, 6.45) is 4.12. The number of pyridine rings is 1. The zero-order valence-corrected chi connectivity index (χ0v) is 13.1. The molecule has 0 fully saturated rings. The van der Waals surface area contributed by atoms with Gasteiger partial charge in [0.05, 0.1) is 18.3 Å². The molecule has 4 nitrogen and oxygen atoms in total. The van der Waals surface area contributed by atoms with Crippen molar-refractivity contribution in [2.45, 2.75) is 32.7 Å². The van der Waals surface area contributed by atoms with Gasteiger partial charge in [0, 0.05) is 23.7 Å². The second kappa shape index (κ2) is 7.84. The van der Waals surface area contributed by atoms with Crippen molar-refractivity contribution in [2.75, 3.05) is 25.5 Å². The van der Waals surface area contributed by atoms with Crippen molar-refractivity contribution in [1.29, 1.82) is 0 Å². The number of benzene rings is 1. The van der Waals surface area contributed by atoms with Gasteiger partial charge in [-0.2, -0.15) is 0 Å². The largest absolute Gasteiger partial charge is 0.497 e. The van der Waals surface area contributed by atoms with E-state index in [0.29, 0.717) is 6.04 Å². The maximum atomic E-state index is 5.38. The van der Waals surface area contributed by atoms with E-state index in [1.807, 2.05) is 24.4 Å². The van der Waals surface area contributed by atoms with Crippen LogP contribution in [0.15, 0.2) is 30.5 Å². The first kappa shape index (κ1) is 15.6. The Kier molecular flexibility index (Phi) is 5.81. The number of ether oxygens (including phenoxy) is 1. The number of rotatable bonds is 8. The lowest BCUT2D eigenvalue weighted by molar-refractivity contribution is 0.415. The van der Waals surface area contributed by atoms with E-state index in [2.05, 4.69) is 35.5 Å². The number of methoxy groups -OCH3 is 1. The maximum absolute atomic E-state index is 5.38. The van der Waals surface area contributed by atoms with Crippen LogP contribution < -0.4 is 15.4 Å². The fraction of sp³-hybridized carbons (Fsp3) is 0.471. The van der Waals surface area contributed by atoms with Gasteiger partial charge in [-0.05, 0) is 45.0 Å². The lowest BCUT2D eigenvalue weighted by Crippen LogP contribution is -2.20. The van der Waals surface area contributed by atoms with Crippen LogP contribution in [-0.4, -0.2) is 31.2 Å². The third kappa shape index (κ3) is 4.33. The molecule has 2 rings (SSSR count). The summed E-state index contributed by atoms with van der Waals surface area (Å²) < 4.78 is 5.38. The van der Waals surface area contributed by atoms with Crippen LogP contribution in [0.4, 0.5) is 5.69 Å². The minimum Gasteiger partial charge on any atom is -0.497 e. The third-order valence-electron chi connectivity index (χ3n) is 3.56. The molecule has 1 aromatic heterocycles. The Morgan fingerprint density at radius 1 is 1.33 bits per heavy atom. The van der Waals surface area contributed by atoms with E-state index >= 15 is 0 Å². The summed E-state index contributed by atoms with van der Waals surface area (Å²) in [5.41, 5.74) is 2.04. The van der Waals surface area contributed by atoms with E-state index in [9.17, 15) is 0 Å². The molecule has 1 atom stereocenters. The molecular formula is C17H25N3O. The lowest BCUT2D eigenvalue weighted by Gasteiger charge is -2.17. The molecule has 0 amide bonds. The van der Waals surface area contributed by atoms with Crippen molar-refractivity contribution < 1.29 is 4.74 Å². The van der Waals surface area contributed by atoms with Gasteiger partial charge in [0.15, 0.2) is 0 Å². The predicted molar refractivity (Wildman–Crippen MR) is 89.2 cm³/mol. The number of hydrogen-bond acceptors (Lipinski definition) is 4. The van der Waals surface area contributed by atoms with Crippen molar-refractivity contribution >= 4 is 16.6 Å². The highest BCUT2D eigenvalue weighted by Crippen LogP contribution is 2.28. The molecule has 0 saturated heterocycles. The number of aromatic nitrogens is 1. The fourth-order valence-corrected chi connectivity index (χ4v) is 2.44. The first-order valence-corrected chi connectivity index (χ1v) is 7.64. The summed E-state index contributed by atoms with van der Waals surface area (Å²) in [6.45, 7) is 6.45. The normalized spacial score (nSPS) is 12.3. The van der Waals surface area contributed by atoms with Gasteiger partial charge in [-0.15, -0.1) is 0 Å². The van der Waals surface area contributed by atoms with Crippen molar-refractivity contribution in [3.8, 4) is 5.75 Å². The Morgan fingerprint density at radius 3 is 2.95 bits per heavy atom. The molecule has 0 radical (unpaired) electrons. The molecule has 21 heavy (non-hydrogen) atoms. The number of hydrogen-bond donors (Lipinski definition) is 2. The molecule has 1 aromatic carbocycles. The molecule has 2 aromatic rings. The highest BCUT2D eigenvalue weighted by molar-refractivity contribution is 5.91. The van der Waals surface area contributed by atoms with Crippen LogP contribution in [0.5, 0.6) is 5.75 Å². The molecule has 0 bridgehead atoms. The molecule has 0 unspecified atom stereocenters. The van der Waals surface area contributed by atoms with Gasteiger partial charge in [-0.1, -0.05) is 13.0 Å². The average Bonchev–Trinajstić information content (AvgIpc) is 2.51. The Bertz CT molecular complexity index is 571. The van der Waals surface area contributed by atoms with E-state index in [1.54, 1.807) is 7.11 Å². The predicted octanol–water partition coefficient (Wildman–Crippen LogP) is 3.43. The summed E-state index contributed by atoms with van der Waals surface area (Å²) in [5, 5.41) is 8.02. The number of nitrogens with one attached hydrogen (secondary N) is 2. The molecule has 0 spiro atoms. The van der Waals surface area contributed by atoms with Crippen LogP contribution in [0.3, 0.4) is 0 Å². The van der Waals surface area contributed by atoms with Gasteiger partial charge in [0.2, 0.25) is 0 Å². The smallest absolute Gasteiger partial charge is 0.121 e. The molecule has 0 aliphatic carbocycles. The first-order chi connectivity index (χ1) is 10.2. The number of nitrogens with zero attached hydrogens (tertiary/aromatic N) is 1. The van der Waals surface area contributed by atoms with Gasteiger partial charge < -0.3 is 15.4 Å². The van der Waals surface area contributed by atoms with Crippen LogP contribution in [0.2, 0.25) is 0 Å². The first-order valence-electron chi connectivity index (χ1n) is 7.64. The van der Waals surface area contributed by atoms with Gasteiger partial charge >= 0.3 is 0 Å². The molecule has 4 heteroatoms. The van der Waals surface area contributed by atoms with Crippen molar-refractivity contribution in [1.82, 2.24) is 10.3 Å². The van der Waals surface area contributed by atoms with Crippen LogP contribution in [0.1, 0.15) is 26.7 Å². The topological polar surface area (TPSA) is 46.2 Å². The molecule has 0 aliphatic heterocycles. The van der Waals surface area contributed by atoms with Crippen molar-refractivity contribution in [3.63, 3.8) is 0 Å². The minimum absolute atomic E-state index is 0.404. The molecule has 2 N–H and O–H groups in total. The highest BCUT2D eigenvalue weighted by Gasteiger charge is 2.08. The van der Waals surface area contributed by atoms with Gasteiger partial charge in [0.1, 0.15) is 5.75 Å². The standard InChI is InChI=1S/C17H25N3O/c1-4-18-9-5-7-13(2)20-16-12-15(21-3)11-14-8-6-10-19-17(14)16/h6,8,10-13,18,20H,4-5,7,9H2,1-3H3/t13-/m1/s1. The van der Waals surface area contributed by atoms with E-state index in [1.165, 1.54) is 0 Å². The Labute approximate surface area is 126 Å². The second-order valence-electron chi connectivity index (χ2n) is 5.29. The summed E-state index contributed by atoms with van der Waals surface area (Å²) in [5.74, 6) is 0.859. The Hall–Kier alpha value is -1.81. The molecule has 1 heterocycles. The summed E-state index contributed by atoms with van der Waals surface area (Å²) in [6, 6.07) is 8.46. The van der Waals surface area contributed by atoms with Crippen LogP contribution in [0.25, 0.3) is 10.9 Å². The number of anilines is 1. The molecule has 0 aliphatic rings.